The number of halogens is 4. The summed E-state index contributed by atoms with van der Waals surface area (Å²) in [7, 11) is -4.45. The van der Waals surface area contributed by atoms with Crippen molar-refractivity contribution in [1.29, 1.82) is 0 Å². The SMILES string of the molecule is Nc1c(F)ccc(S(=O)(=O)Nc2c(Cl)ncnc2Cl)c1F. The van der Waals surface area contributed by atoms with E-state index < -0.39 is 32.2 Å². The largest absolute Gasteiger partial charge is 0.394 e. The van der Waals surface area contributed by atoms with Crippen molar-refractivity contribution < 1.29 is 17.2 Å². The van der Waals surface area contributed by atoms with Gasteiger partial charge in [0.15, 0.2) is 16.1 Å². The normalized spacial score (nSPS) is 11.4. The van der Waals surface area contributed by atoms with Gasteiger partial charge in [0, 0.05) is 0 Å². The molecule has 0 fully saturated rings. The first-order valence-corrected chi connectivity index (χ1v) is 7.40. The maximum absolute atomic E-state index is 13.8. The summed E-state index contributed by atoms with van der Waals surface area (Å²) in [5.41, 5.74) is 3.87. The second kappa shape index (κ2) is 5.58. The fraction of sp³-hybridized carbons (Fsp3) is 0. The molecule has 0 aliphatic rings. The summed E-state index contributed by atoms with van der Waals surface area (Å²) < 4.78 is 52.9. The molecule has 1 aromatic heterocycles. The van der Waals surface area contributed by atoms with Crippen LogP contribution in [-0.2, 0) is 10.0 Å². The lowest BCUT2D eigenvalue weighted by Gasteiger charge is -2.11. The van der Waals surface area contributed by atoms with Crippen LogP contribution in [0.25, 0.3) is 0 Å². The Bertz CT molecular complexity index is 797. The van der Waals surface area contributed by atoms with E-state index in [0.29, 0.717) is 0 Å². The van der Waals surface area contributed by atoms with Gasteiger partial charge >= 0.3 is 0 Å². The van der Waals surface area contributed by atoms with E-state index in [0.717, 1.165) is 18.5 Å². The third kappa shape index (κ3) is 2.99. The van der Waals surface area contributed by atoms with Crippen LogP contribution in [0.4, 0.5) is 20.2 Å². The Morgan fingerprint density at radius 2 is 1.71 bits per heavy atom. The predicted molar refractivity (Wildman–Crippen MR) is 73.6 cm³/mol. The number of rotatable bonds is 3. The zero-order valence-electron chi connectivity index (χ0n) is 9.94. The van der Waals surface area contributed by atoms with E-state index in [-0.39, 0.29) is 16.0 Å². The van der Waals surface area contributed by atoms with Crippen molar-refractivity contribution in [3.8, 4) is 0 Å². The Balaban J connectivity index is 2.52. The molecule has 0 atom stereocenters. The minimum Gasteiger partial charge on any atom is -0.394 e. The van der Waals surface area contributed by atoms with Crippen LogP contribution in [0.5, 0.6) is 0 Å². The van der Waals surface area contributed by atoms with E-state index >= 15 is 0 Å². The third-order valence-corrected chi connectivity index (χ3v) is 4.31. The molecule has 21 heavy (non-hydrogen) atoms. The molecule has 0 bridgehead atoms. The minimum absolute atomic E-state index is 0.283. The van der Waals surface area contributed by atoms with E-state index in [1.165, 1.54) is 0 Å². The smallest absolute Gasteiger partial charge is 0.265 e. The van der Waals surface area contributed by atoms with Gasteiger partial charge in [-0.05, 0) is 12.1 Å². The maximum Gasteiger partial charge on any atom is 0.265 e. The number of benzene rings is 1. The summed E-state index contributed by atoms with van der Waals surface area (Å²) in [4.78, 5) is 6.21. The number of sulfonamides is 1. The van der Waals surface area contributed by atoms with Gasteiger partial charge in [-0.25, -0.2) is 27.2 Å². The number of nitrogens with two attached hydrogens (primary N) is 1. The highest BCUT2D eigenvalue weighted by atomic mass is 35.5. The van der Waals surface area contributed by atoms with Crippen LogP contribution in [0.1, 0.15) is 0 Å². The van der Waals surface area contributed by atoms with Crippen LogP contribution >= 0.6 is 23.2 Å². The van der Waals surface area contributed by atoms with Crippen LogP contribution in [0.2, 0.25) is 10.3 Å². The Kier molecular flexibility index (Phi) is 4.17. The molecule has 0 aliphatic heterocycles. The number of aromatic nitrogens is 2. The quantitative estimate of drug-likeness (QED) is 0.651. The fourth-order valence-corrected chi connectivity index (χ4v) is 3.06. The van der Waals surface area contributed by atoms with Gasteiger partial charge in [-0.3, -0.25) is 4.72 Å². The molecule has 1 aromatic carbocycles. The molecule has 1 heterocycles. The highest BCUT2D eigenvalue weighted by Gasteiger charge is 2.25. The molecule has 0 radical (unpaired) electrons. The number of nitrogen functional groups attached to an aromatic ring is 1. The summed E-state index contributed by atoms with van der Waals surface area (Å²) in [5, 5.41) is -0.567. The number of anilines is 2. The lowest BCUT2D eigenvalue weighted by atomic mass is 10.3. The molecule has 0 saturated heterocycles. The van der Waals surface area contributed by atoms with Gasteiger partial charge in [0.05, 0.1) is 0 Å². The molecule has 0 aliphatic carbocycles. The zero-order chi connectivity index (χ0) is 15.8. The van der Waals surface area contributed by atoms with Crippen LogP contribution in [0.3, 0.4) is 0 Å². The van der Waals surface area contributed by atoms with Gasteiger partial charge in [0.1, 0.15) is 28.4 Å². The van der Waals surface area contributed by atoms with Gasteiger partial charge < -0.3 is 5.73 Å². The zero-order valence-corrected chi connectivity index (χ0v) is 12.3. The molecule has 0 spiro atoms. The topological polar surface area (TPSA) is 98.0 Å². The Morgan fingerprint density at radius 3 is 2.29 bits per heavy atom. The average molecular weight is 355 g/mol. The van der Waals surface area contributed by atoms with Crippen molar-refractivity contribution in [3.63, 3.8) is 0 Å². The molecule has 0 saturated carbocycles. The van der Waals surface area contributed by atoms with Crippen molar-refractivity contribution in [1.82, 2.24) is 9.97 Å². The summed E-state index contributed by atoms with van der Waals surface area (Å²) in [6.45, 7) is 0. The number of hydrogen-bond acceptors (Lipinski definition) is 5. The van der Waals surface area contributed by atoms with Crippen molar-refractivity contribution in [2.75, 3.05) is 10.5 Å². The van der Waals surface area contributed by atoms with E-state index in [2.05, 4.69) is 9.97 Å². The monoisotopic (exact) mass is 354 g/mol. The Hall–Kier alpha value is -1.71. The third-order valence-electron chi connectivity index (χ3n) is 2.37. The summed E-state index contributed by atoms with van der Waals surface area (Å²) in [6, 6.07) is 1.44. The van der Waals surface area contributed by atoms with E-state index in [1.54, 1.807) is 0 Å². The Morgan fingerprint density at radius 1 is 1.14 bits per heavy atom. The molecule has 0 unspecified atom stereocenters. The molecule has 2 aromatic rings. The first-order valence-electron chi connectivity index (χ1n) is 5.16. The second-order valence-electron chi connectivity index (χ2n) is 3.71. The summed E-state index contributed by atoms with van der Waals surface area (Å²) in [5.74, 6) is -2.50. The van der Waals surface area contributed by atoms with E-state index in [1.807, 2.05) is 4.72 Å². The van der Waals surface area contributed by atoms with Crippen LogP contribution in [0, 0.1) is 11.6 Å². The molecule has 3 N–H and O–H groups in total. The van der Waals surface area contributed by atoms with Crippen molar-refractivity contribution in [2.24, 2.45) is 0 Å². The number of nitrogens with zero attached hydrogens (tertiary/aromatic N) is 2. The molecular weight excluding hydrogens is 349 g/mol. The number of hydrogen-bond donors (Lipinski definition) is 2. The lowest BCUT2D eigenvalue weighted by Crippen LogP contribution is -2.17. The van der Waals surface area contributed by atoms with Gasteiger partial charge in [-0.2, -0.15) is 0 Å². The first kappa shape index (κ1) is 15.7. The van der Waals surface area contributed by atoms with Crippen LogP contribution in [-0.4, -0.2) is 18.4 Å². The second-order valence-corrected chi connectivity index (χ2v) is 6.08. The standard InChI is InChI=1S/C10H6Cl2F2N4O2S/c11-9-8(10(12)17-3-16-9)18-21(19,20)5-2-1-4(13)7(15)6(5)14/h1-3,18H,15H2. The number of nitrogens with one attached hydrogen (secondary N) is 1. The molecule has 6 nitrogen and oxygen atoms in total. The molecule has 112 valence electrons. The fourth-order valence-electron chi connectivity index (χ4n) is 1.37. The van der Waals surface area contributed by atoms with Crippen LogP contribution in [0.15, 0.2) is 23.4 Å². The molecular formula is C10H6Cl2F2N4O2S. The highest BCUT2D eigenvalue weighted by molar-refractivity contribution is 7.92. The summed E-state index contributed by atoms with van der Waals surface area (Å²) in [6.07, 6.45) is 1.01. The maximum atomic E-state index is 13.8. The van der Waals surface area contributed by atoms with Gasteiger partial charge in [-0.15, -0.1) is 0 Å². The van der Waals surface area contributed by atoms with Crippen molar-refractivity contribution in [3.05, 3.63) is 40.4 Å². The van der Waals surface area contributed by atoms with E-state index in [9.17, 15) is 17.2 Å². The van der Waals surface area contributed by atoms with Gasteiger partial charge in [0.2, 0.25) is 0 Å². The van der Waals surface area contributed by atoms with Crippen LogP contribution < -0.4 is 10.5 Å². The minimum atomic E-state index is -4.45. The van der Waals surface area contributed by atoms with Crippen molar-refractivity contribution in [2.45, 2.75) is 4.90 Å². The average Bonchev–Trinajstić information content (AvgIpc) is 2.40. The molecule has 2 rings (SSSR count). The summed E-state index contributed by atoms with van der Waals surface area (Å²) >= 11 is 11.4. The van der Waals surface area contributed by atoms with Crippen molar-refractivity contribution >= 4 is 44.6 Å². The Labute approximate surface area is 128 Å². The first-order chi connectivity index (χ1) is 9.74. The lowest BCUT2D eigenvalue weighted by molar-refractivity contribution is 0.557. The van der Waals surface area contributed by atoms with Gasteiger partial charge in [-0.1, -0.05) is 23.2 Å². The highest BCUT2D eigenvalue weighted by Crippen LogP contribution is 2.30. The predicted octanol–water partition coefficient (Wildman–Crippen LogP) is 2.44. The molecule has 11 heteroatoms. The molecule has 0 amide bonds. The van der Waals surface area contributed by atoms with E-state index in [4.69, 9.17) is 28.9 Å². The van der Waals surface area contributed by atoms with Gasteiger partial charge in [0.25, 0.3) is 10.0 Å².